The quantitative estimate of drug-likeness (QED) is 0.749. The Bertz CT molecular complexity index is 342. The van der Waals surface area contributed by atoms with E-state index in [0.29, 0.717) is 10.6 Å². The molecule has 0 bridgehead atoms. The largest absolute Gasteiger partial charge is 0.392 e. The van der Waals surface area contributed by atoms with Gasteiger partial charge in [0.1, 0.15) is 5.03 Å². The number of nitrogens with one attached hydrogen (secondary N) is 1. The maximum absolute atomic E-state index is 11.7. The Morgan fingerprint density at radius 2 is 2.47 bits per heavy atom. The minimum atomic E-state index is -0.539. The lowest BCUT2D eigenvalue weighted by Gasteiger charge is -2.08. The first kappa shape index (κ1) is 12.0. The number of hydrogen-bond donors (Lipinski definition) is 2. The highest BCUT2D eigenvalue weighted by Gasteiger charge is 2.11. The molecule has 0 aliphatic rings. The number of pyridine rings is 1. The molecular formula is C10H14N2O2S. The fourth-order valence-corrected chi connectivity index (χ4v) is 1.61. The highest BCUT2D eigenvalue weighted by Crippen LogP contribution is 2.16. The predicted molar refractivity (Wildman–Crippen MR) is 60.0 cm³/mol. The van der Waals surface area contributed by atoms with Gasteiger partial charge in [-0.2, -0.15) is 0 Å². The van der Waals surface area contributed by atoms with Gasteiger partial charge < -0.3 is 10.4 Å². The van der Waals surface area contributed by atoms with E-state index >= 15 is 0 Å². The van der Waals surface area contributed by atoms with E-state index in [0.717, 1.165) is 0 Å². The Balaban J connectivity index is 2.72. The fourth-order valence-electron chi connectivity index (χ4n) is 1.06. The van der Waals surface area contributed by atoms with Crippen LogP contribution in [0.1, 0.15) is 17.3 Å². The van der Waals surface area contributed by atoms with Crippen LogP contribution in [0.3, 0.4) is 0 Å². The van der Waals surface area contributed by atoms with Gasteiger partial charge in [0, 0.05) is 12.7 Å². The fraction of sp³-hybridized carbons (Fsp3) is 0.400. The average molecular weight is 226 g/mol. The summed E-state index contributed by atoms with van der Waals surface area (Å²) in [6.45, 7) is 1.88. The molecule has 0 aliphatic heterocycles. The number of nitrogens with zero attached hydrogens (tertiary/aromatic N) is 1. The molecule has 2 N–H and O–H groups in total. The summed E-state index contributed by atoms with van der Waals surface area (Å²) in [5, 5.41) is 12.4. The number of aliphatic hydroxyl groups excluding tert-OH is 1. The van der Waals surface area contributed by atoms with Crippen LogP contribution in [0.2, 0.25) is 0 Å². The molecule has 1 rings (SSSR count). The number of aromatic nitrogens is 1. The van der Waals surface area contributed by atoms with Crippen LogP contribution in [-0.2, 0) is 0 Å². The third-order valence-corrected chi connectivity index (χ3v) is 2.48. The van der Waals surface area contributed by atoms with Gasteiger partial charge in [0.25, 0.3) is 5.91 Å². The van der Waals surface area contributed by atoms with Crippen LogP contribution in [-0.4, -0.2) is 34.9 Å². The predicted octanol–water partition coefficient (Wildman–Crippen LogP) is 0.914. The van der Waals surface area contributed by atoms with E-state index in [4.69, 9.17) is 5.11 Å². The van der Waals surface area contributed by atoms with Gasteiger partial charge in [0.2, 0.25) is 0 Å². The lowest BCUT2D eigenvalue weighted by molar-refractivity contribution is 0.0920. The van der Waals surface area contributed by atoms with Crippen molar-refractivity contribution in [3.8, 4) is 0 Å². The summed E-state index contributed by atoms with van der Waals surface area (Å²) < 4.78 is 0. The lowest BCUT2D eigenvalue weighted by atomic mass is 10.2. The van der Waals surface area contributed by atoms with Gasteiger partial charge in [-0.3, -0.25) is 4.79 Å². The molecule has 82 valence electrons. The standard InChI is InChI=1S/C10H14N2O2S/c1-7(13)6-12-9(14)8-4-3-5-11-10(8)15-2/h3-5,7,13H,6H2,1-2H3,(H,12,14)/t7-/m0/s1. The Morgan fingerprint density at radius 3 is 3.07 bits per heavy atom. The maximum Gasteiger partial charge on any atom is 0.254 e. The second-order valence-corrected chi connectivity index (χ2v) is 3.91. The molecule has 0 aromatic carbocycles. The molecule has 0 saturated heterocycles. The number of hydrogen-bond acceptors (Lipinski definition) is 4. The number of rotatable bonds is 4. The Kier molecular flexibility index (Phi) is 4.58. The molecule has 5 heteroatoms. The highest BCUT2D eigenvalue weighted by atomic mass is 32.2. The molecule has 1 amide bonds. The van der Waals surface area contributed by atoms with Crippen molar-refractivity contribution in [2.24, 2.45) is 0 Å². The van der Waals surface area contributed by atoms with Gasteiger partial charge in [-0.1, -0.05) is 0 Å². The molecule has 1 aromatic rings. The maximum atomic E-state index is 11.7. The molecule has 1 heterocycles. The van der Waals surface area contributed by atoms with Crippen molar-refractivity contribution < 1.29 is 9.90 Å². The number of aliphatic hydroxyl groups is 1. The Morgan fingerprint density at radius 1 is 1.73 bits per heavy atom. The van der Waals surface area contributed by atoms with Crippen molar-refractivity contribution in [2.75, 3.05) is 12.8 Å². The average Bonchev–Trinajstić information content (AvgIpc) is 2.25. The van der Waals surface area contributed by atoms with Crippen LogP contribution in [0.25, 0.3) is 0 Å². The number of amides is 1. The van der Waals surface area contributed by atoms with Crippen LogP contribution in [0.4, 0.5) is 0 Å². The molecule has 0 radical (unpaired) electrons. The van der Waals surface area contributed by atoms with Gasteiger partial charge in [-0.05, 0) is 25.3 Å². The monoisotopic (exact) mass is 226 g/mol. The molecule has 15 heavy (non-hydrogen) atoms. The number of carbonyl (C=O) groups is 1. The summed E-state index contributed by atoms with van der Waals surface area (Å²) in [6, 6.07) is 3.44. The Hall–Kier alpha value is -1.07. The van der Waals surface area contributed by atoms with Crippen molar-refractivity contribution >= 4 is 17.7 Å². The second-order valence-electron chi connectivity index (χ2n) is 3.12. The first-order valence-electron chi connectivity index (χ1n) is 4.60. The smallest absolute Gasteiger partial charge is 0.254 e. The van der Waals surface area contributed by atoms with Crippen LogP contribution in [0.5, 0.6) is 0 Å². The van der Waals surface area contributed by atoms with E-state index in [1.807, 2.05) is 6.26 Å². The van der Waals surface area contributed by atoms with Crippen molar-refractivity contribution in [2.45, 2.75) is 18.1 Å². The molecule has 0 saturated carbocycles. The first-order valence-corrected chi connectivity index (χ1v) is 5.83. The highest BCUT2D eigenvalue weighted by molar-refractivity contribution is 7.98. The summed E-state index contributed by atoms with van der Waals surface area (Å²) >= 11 is 1.42. The van der Waals surface area contributed by atoms with Crippen molar-refractivity contribution in [3.05, 3.63) is 23.9 Å². The number of carbonyl (C=O) groups excluding carboxylic acids is 1. The molecule has 0 aliphatic carbocycles. The minimum Gasteiger partial charge on any atom is -0.392 e. The Labute approximate surface area is 93.1 Å². The van der Waals surface area contributed by atoms with Crippen LogP contribution < -0.4 is 5.32 Å². The first-order chi connectivity index (χ1) is 7.15. The normalized spacial score (nSPS) is 12.2. The zero-order valence-electron chi connectivity index (χ0n) is 8.73. The molecule has 0 fully saturated rings. The van der Waals surface area contributed by atoms with Gasteiger partial charge in [0.15, 0.2) is 0 Å². The molecule has 0 spiro atoms. The van der Waals surface area contributed by atoms with Gasteiger partial charge >= 0.3 is 0 Å². The van der Waals surface area contributed by atoms with E-state index in [1.54, 1.807) is 25.3 Å². The summed E-state index contributed by atoms with van der Waals surface area (Å²) in [5.41, 5.74) is 0.547. The van der Waals surface area contributed by atoms with E-state index < -0.39 is 6.10 Å². The van der Waals surface area contributed by atoms with Crippen molar-refractivity contribution in [1.29, 1.82) is 0 Å². The third-order valence-electron chi connectivity index (χ3n) is 1.77. The van der Waals surface area contributed by atoms with Crippen LogP contribution in [0.15, 0.2) is 23.4 Å². The van der Waals surface area contributed by atoms with E-state index in [1.165, 1.54) is 11.8 Å². The molecule has 1 atom stereocenters. The van der Waals surface area contributed by atoms with E-state index in [-0.39, 0.29) is 12.5 Å². The van der Waals surface area contributed by atoms with Crippen molar-refractivity contribution in [3.63, 3.8) is 0 Å². The van der Waals surface area contributed by atoms with Crippen molar-refractivity contribution in [1.82, 2.24) is 10.3 Å². The summed E-state index contributed by atoms with van der Waals surface area (Å²) in [5.74, 6) is -0.201. The lowest BCUT2D eigenvalue weighted by Crippen LogP contribution is -2.30. The van der Waals surface area contributed by atoms with Crippen LogP contribution >= 0.6 is 11.8 Å². The van der Waals surface area contributed by atoms with Gasteiger partial charge in [0.05, 0.1) is 11.7 Å². The SMILES string of the molecule is CSc1ncccc1C(=O)NC[C@H](C)O. The molecule has 1 aromatic heterocycles. The third kappa shape index (κ3) is 3.53. The second kappa shape index (κ2) is 5.72. The zero-order chi connectivity index (χ0) is 11.3. The van der Waals surface area contributed by atoms with Gasteiger partial charge in [-0.25, -0.2) is 4.98 Å². The molecular weight excluding hydrogens is 212 g/mol. The topological polar surface area (TPSA) is 62.2 Å². The van der Waals surface area contributed by atoms with E-state index in [2.05, 4.69) is 10.3 Å². The number of thioether (sulfide) groups is 1. The summed E-state index contributed by atoms with van der Waals surface area (Å²) in [7, 11) is 0. The van der Waals surface area contributed by atoms with Crippen LogP contribution in [0, 0.1) is 0 Å². The van der Waals surface area contributed by atoms with Gasteiger partial charge in [-0.15, -0.1) is 11.8 Å². The molecule has 4 nitrogen and oxygen atoms in total. The summed E-state index contributed by atoms with van der Waals surface area (Å²) in [6.07, 6.45) is 2.98. The van der Waals surface area contributed by atoms with E-state index in [9.17, 15) is 4.79 Å². The zero-order valence-corrected chi connectivity index (χ0v) is 9.54. The summed E-state index contributed by atoms with van der Waals surface area (Å²) in [4.78, 5) is 15.7. The molecule has 0 unspecified atom stereocenters. The minimum absolute atomic E-state index is 0.201.